The van der Waals surface area contributed by atoms with Crippen molar-refractivity contribution in [2.24, 2.45) is 5.73 Å². The molecule has 0 aliphatic rings. The molecule has 0 saturated heterocycles. The highest BCUT2D eigenvalue weighted by Gasteiger charge is 1.64. The third-order valence-electron chi connectivity index (χ3n) is 0.473. The maximum absolute atomic E-state index is 5.13. The van der Waals surface area contributed by atoms with Gasteiger partial charge < -0.3 is 5.73 Å². The van der Waals surface area contributed by atoms with E-state index in [9.17, 15) is 0 Å². The van der Waals surface area contributed by atoms with Crippen molar-refractivity contribution in [3.63, 3.8) is 0 Å². The topological polar surface area (TPSA) is 26.0 Å². The second-order valence-corrected chi connectivity index (χ2v) is 1.06. The summed E-state index contributed by atoms with van der Waals surface area (Å²) in [4.78, 5) is 0. The largest absolute Gasteiger partial charge is 0.330 e. The molecule has 1 heteroatoms. The van der Waals surface area contributed by atoms with Crippen LogP contribution in [0.5, 0.6) is 0 Å². The van der Waals surface area contributed by atoms with Gasteiger partial charge in [0.1, 0.15) is 0 Å². The molecule has 2 N–H and O–H groups in total. The fourth-order valence-electron chi connectivity index (χ4n) is 0.217. The lowest BCUT2D eigenvalue weighted by atomic mass is 10.4. The number of nitrogens with two attached hydrogens (primary N) is 1. The summed E-state index contributed by atoms with van der Waals surface area (Å²) in [5, 5.41) is 0. The van der Waals surface area contributed by atoms with Crippen molar-refractivity contribution in [2.75, 3.05) is 6.54 Å². The predicted octanol–water partition coefficient (Wildman–Crippen LogP) is 0.525. The van der Waals surface area contributed by atoms with Crippen LogP contribution in [0.25, 0.3) is 0 Å². The third kappa shape index (κ3) is 5.26. The Bertz CT molecular complexity index is 94.5. The van der Waals surface area contributed by atoms with E-state index in [0.29, 0.717) is 6.54 Å². The summed E-state index contributed by atoms with van der Waals surface area (Å²) in [6.07, 6.45) is 2.34. The van der Waals surface area contributed by atoms with Gasteiger partial charge in [0.25, 0.3) is 0 Å². The Balaban J connectivity index is 3.07. The van der Waals surface area contributed by atoms with Crippen LogP contribution in [0, 0.1) is 11.8 Å². The molecule has 0 radical (unpaired) electrons. The van der Waals surface area contributed by atoms with Crippen LogP contribution in [0.15, 0.2) is 12.7 Å². The Hall–Kier alpha value is -0.740. The summed E-state index contributed by atoms with van der Waals surface area (Å²) in [5.74, 6) is 5.47. The molecule has 0 heterocycles. The van der Waals surface area contributed by atoms with Crippen molar-refractivity contribution in [1.82, 2.24) is 0 Å². The highest BCUT2D eigenvalue weighted by Crippen LogP contribution is 1.65. The van der Waals surface area contributed by atoms with Gasteiger partial charge >= 0.3 is 0 Å². The van der Waals surface area contributed by atoms with Gasteiger partial charge in [-0.25, -0.2) is 0 Å². The van der Waals surface area contributed by atoms with Crippen molar-refractivity contribution in [2.45, 2.75) is 6.42 Å². The second kappa shape index (κ2) is 5.26. The van der Waals surface area contributed by atoms with E-state index in [2.05, 4.69) is 18.4 Å². The second-order valence-electron chi connectivity index (χ2n) is 1.06. The maximum atomic E-state index is 5.13. The van der Waals surface area contributed by atoms with E-state index in [1.165, 1.54) is 0 Å². The maximum Gasteiger partial charge on any atom is 0.0215 e. The van der Waals surface area contributed by atoms with Gasteiger partial charge in [-0.15, -0.1) is 0 Å². The summed E-state index contributed by atoms with van der Waals surface area (Å²) in [6.45, 7) is 4.06. The zero-order valence-corrected chi connectivity index (χ0v) is 4.28. The summed E-state index contributed by atoms with van der Waals surface area (Å²) >= 11 is 0. The van der Waals surface area contributed by atoms with Crippen molar-refractivity contribution >= 4 is 0 Å². The quantitative estimate of drug-likeness (QED) is 0.472. The Morgan fingerprint density at radius 3 is 2.86 bits per heavy atom. The molecule has 7 heavy (non-hydrogen) atoms. The zero-order chi connectivity index (χ0) is 5.54. The van der Waals surface area contributed by atoms with Gasteiger partial charge in [0.05, 0.1) is 0 Å². The van der Waals surface area contributed by atoms with Crippen LogP contribution in [-0.2, 0) is 0 Å². The first-order chi connectivity index (χ1) is 3.41. The number of hydrogen-bond donors (Lipinski definition) is 1. The molecule has 0 rings (SSSR count). The van der Waals surface area contributed by atoms with Crippen molar-refractivity contribution in [3.8, 4) is 11.8 Å². The Morgan fingerprint density at radius 1 is 1.71 bits per heavy atom. The average molecular weight is 95.1 g/mol. The lowest BCUT2D eigenvalue weighted by Gasteiger charge is -1.73. The van der Waals surface area contributed by atoms with E-state index in [0.717, 1.165) is 6.42 Å². The fraction of sp³-hybridized carbons (Fsp3) is 0.333. The summed E-state index contributed by atoms with van der Waals surface area (Å²) in [6, 6.07) is 0. The fourth-order valence-corrected chi connectivity index (χ4v) is 0.217. The molecule has 0 aliphatic carbocycles. The Morgan fingerprint density at radius 2 is 2.43 bits per heavy atom. The van der Waals surface area contributed by atoms with E-state index in [1.54, 1.807) is 6.08 Å². The van der Waals surface area contributed by atoms with Gasteiger partial charge in [-0.3, -0.25) is 0 Å². The van der Waals surface area contributed by atoms with Crippen LogP contribution < -0.4 is 5.73 Å². The van der Waals surface area contributed by atoms with Crippen LogP contribution in [-0.4, -0.2) is 6.54 Å². The Kier molecular flexibility index (Phi) is 4.70. The number of hydrogen-bond acceptors (Lipinski definition) is 1. The molecule has 0 unspecified atom stereocenters. The van der Waals surface area contributed by atoms with Gasteiger partial charge in [-0.1, -0.05) is 18.4 Å². The number of rotatable bonds is 1. The molecule has 38 valence electrons. The Labute approximate surface area is 44.2 Å². The lowest BCUT2D eigenvalue weighted by molar-refractivity contribution is 1.03. The molecule has 0 aliphatic heterocycles. The van der Waals surface area contributed by atoms with Gasteiger partial charge in [0, 0.05) is 13.0 Å². The van der Waals surface area contributed by atoms with Gasteiger partial charge in [-0.2, -0.15) is 0 Å². The van der Waals surface area contributed by atoms with Crippen LogP contribution in [0.1, 0.15) is 6.42 Å². The summed E-state index contributed by atoms with van der Waals surface area (Å²) in [7, 11) is 0. The molecule has 0 bridgehead atoms. The van der Waals surface area contributed by atoms with Crippen LogP contribution in [0.2, 0.25) is 0 Å². The first-order valence-electron chi connectivity index (χ1n) is 2.21. The normalized spacial score (nSPS) is 6.43. The monoisotopic (exact) mass is 95.1 g/mol. The van der Waals surface area contributed by atoms with Gasteiger partial charge in [0.15, 0.2) is 0 Å². The van der Waals surface area contributed by atoms with E-state index in [4.69, 9.17) is 5.73 Å². The van der Waals surface area contributed by atoms with E-state index < -0.39 is 0 Å². The van der Waals surface area contributed by atoms with Crippen LogP contribution in [0.4, 0.5) is 0 Å². The molecular formula is C6H9N. The average Bonchev–Trinajstić information content (AvgIpc) is 1.69. The molecule has 0 spiro atoms. The van der Waals surface area contributed by atoms with E-state index >= 15 is 0 Å². The summed E-state index contributed by atoms with van der Waals surface area (Å²) in [5.41, 5.74) is 5.13. The van der Waals surface area contributed by atoms with Crippen molar-refractivity contribution in [3.05, 3.63) is 12.7 Å². The van der Waals surface area contributed by atoms with Crippen LogP contribution >= 0.6 is 0 Å². The van der Waals surface area contributed by atoms with E-state index in [1.807, 2.05) is 0 Å². The molecule has 0 atom stereocenters. The molecule has 0 fully saturated rings. The molecule has 0 aromatic carbocycles. The molecule has 0 saturated carbocycles. The molecule has 1 nitrogen and oxygen atoms in total. The molecule has 0 aromatic rings. The predicted molar refractivity (Wildman–Crippen MR) is 31.6 cm³/mol. The first-order valence-corrected chi connectivity index (χ1v) is 2.21. The highest BCUT2D eigenvalue weighted by atomic mass is 14.5. The molecule has 0 amide bonds. The minimum Gasteiger partial charge on any atom is -0.330 e. The van der Waals surface area contributed by atoms with Crippen LogP contribution in [0.3, 0.4) is 0 Å². The minimum atomic E-state index is 0.640. The molecule has 0 aromatic heterocycles. The van der Waals surface area contributed by atoms with Crippen molar-refractivity contribution in [1.29, 1.82) is 0 Å². The zero-order valence-electron chi connectivity index (χ0n) is 4.28. The smallest absolute Gasteiger partial charge is 0.0215 e. The summed E-state index contributed by atoms with van der Waals surface area (Å²) < 4.78 is 0. The third-order valence-corrected chi connectivity index (χ3v) is 0.473. The molecular weight excluding hydrogens is 86.1 g/mol. The SMILES string of the molecule is C=CC#CCCN. The highest BCUT2D eigenvalue weighted by molar-refractivity contribution is 5.11. The standard InChI is InChI=1S/C6H9N/c1-2-3-4-5-6-7/h2H,1,5-7H2. The van der Waals surface area contributed by atoms with E-state index in [-0.39, 0.29) is 0 Å². The first kappa shape index (κ1) is 6.26. The lowest BCUT2D eigenvalue weighted by Crippen LogP contribution is -1.95. The minimum absolute atomic E-state index is 0.640. The van der Waals surface area contributed by atoms with Gasteiger partial charge in [0.2, 0.25) is 0 Å². The number of allylic oxidation sites excluding steroid dienone is 1. The van der Waals surface area contributed by atoms with Gasteiger partial charge in [-0.05, 0) is 6.08 Å². The van der Waals surface area contributed by atoms with Crippen molar-refractivity contribution < 1.29 is 0 Å².